The first-order chi connectivity index (χ1) is 16.8. The van der Waals surface area contributed by atoms with E-state index in [9.17, 15) is 0 Å². The Morgan fingerprint density at radius 2 is 0.595 bits per heavy atom. The second-order valence-electron chi connectivity index (χ2n) is 12.7. The maximum atomic E-state index is 6.07. The number of hydrogen-bond acceptors (Lipinski definition) is 1. The molecule has 0 aromatic carbocycles. The fourth-order valence-corrected chi connectivity index (χ4v) is 5.00. The molecule has 0 rings (SSSR count). The standard InChI is InChI=1S/C32H70N2O.2HI/c1-7-9-11-13-15-17-19-21-23-25-27-33(3,4)29-31-35-32-30-34(5,6)28-26-24-22-20-18-16-14-12-10-8-2;;/h7-32H2,1-6H3;2*1H/q+2;;/p-2. The number of quaternary nitrogens is 2. The van der Waals surface area contributed by atoms with Gasteiger partial charge in [-0.1, -0.05) is 117 Å². The molecule has 0 unspecified atom stereocenters. The van der Waals surface area contributed by atoms with E-state index in [1.165, 1.54) is 142 Å². The first-order valence-corrected chi connectivity index (χ1v) is 16.0. The van der Waals surface area contributed by atoms with Gasteiger partial charge < -0.3 is 61.7 Å². The molecule has 0 aliphatic carbocycles. The van der Waals surface area contributed by atoms with Crippen molar-refractivity contribution in [2.75, 3.05) is 67.6 Å². The Hall–Kier alpha value is 1.34. The van der Waals surface area contributed by atoms with Gasteiger partial charge in [0.2, 0.25) is 0 Å². The Labute approximate surface area is 269 Å². The molecule has 0 heterocycles. The van der Waals surface area contributed by atoms with Crippen LogP contribution >= 0.6 is 0 Å². The third-order valence-corrected chi connectivity index (χ3v) is 7.92. The molecule has 0 radical (unpaired) electrons. The van der Waals surface area contributed by atoms with E-state index in [1.54, 1.807) is 0 Å². The smallest absolute Gasteiger partial charge is 0.102 e. The number of ether oxygens (including phenoxy) is 1. The van der Waals surface area contributed by atoms with Crippen molar-refractivity contribution in [3.05, 3.63) is 0 Å². The fraction of sp³-hybridized carbons (Fsp3) is 1.00. The normalized spacial score (nSPS) is 11.8. The van der Waals surface area contributed by atoms with Crippen molar-refractivity contribution in [2.24, 2.45) is 0 Å². The first-order valence-electron chi connectivity index (χ1n) is 16.0. The molecule has 0 aliphatic heterocycles. The highest BCUT2D eigenvalue weighted by Crippen LogP contribution is 2.13. The summed E-state index contributed by atoms with van der Waals surface area (Å²) in [6.07, 6.45) is 28.4. The average molecular weight is 753 g/mol. The molecule has 0 aliphatic rings. The van der Waals surface area contributed by atoms with Crippen molar-refractivity contribution in [3.8, 4) is 0 Å². The lowest BCUT2D eigenvalue weighted by atomic mass is 10.1. The van der Waals surface area contributed by atoms with Gasteiger partial charge in [-0.3, -0.25) is 0 Å². The Kier molecular flexibility index (Phi) is 35.1. The maximum absolute atomic E-state index is 6.07. The van der Waals surface area contributed by atoms with Crippen molar-refractivity contribution in [1.29, 1.82) is 0 Å². The van der Waals surface area contributed by atoms with Gasteiger partial charge in [0.15, 0.2) is 0 Å². The Bertz CT molecular complexity index is 395. The van der Waals surface area contributed by atoms with E-state index in [0.29, 0.717) is 0 Å². The lowest BCUT2D eigenvalue weighted by Crippen LogP contribution is -3.00. The molecule has 5 heteroatoms. The zero-order valence-corrected chi connectivity index (χ0v) is 30.8. The summed E-state index contributed by atoms with van der Waals surface area (Å²) in [6, 6.07) is 0. The van der Waals surface area contributed by atoms with Crippen LogP contribution in [0.15, 0.2) is 0 Å². The minimum atomic E-state index is 0. The summed E-state index contributed by atoms with van der Waals surface area (Å²) in [5.41, 5.74) is 0. The summed E-state index contributed by atoms with van der Waals surface area (Å²) in [4.78, 5) is 0. The quantitative estimate of drug-likeness (QED) is 0.0680. The molecule has 0 bridgehead atoms. The van der Waals surface area contributed by atoms with Gasteiger partial charge in [0.05, 0.1) is 54.5 Å². The second-order valence-corrected chi connectivity index (χ2v) is 12.7. The van der Waals surface area contributed by atoms with E-state index in [1.807, 2.05) is 0 Å². The summed E-state index contributed by atoms with van der Waals surface area (Å²) in [7, 11) is 9.51. The van der Waals surface area contributed by atoms with Crippen LogP contribution in [-0.4, -0.2) is 76.5 Å². The molecule has 0 aromatic heterocycles. The van der Waals surface area contributed by atoms with Gasteiger partial charge in [0.1, 0.15) is 13.1 Å². The third-order valence-electron chi connectivity index (χ3n) is 7.92. The molecule has 0 fully saturated rings. The molecule has 0 spiro atoms. The Morgan fingerprint density at radius 1 is 0.351 bits per heavy atom. The van der Waals surface area contributed by atoms with Gasteiger partial charge in [0, 0.05) is 0 Å². The predicted molar refractivity (Wildman–Crippen MR) is 158 cm³/mol. The summed E-state index contributed by atoms with van der Waals surface area (Å²) in [5, 5.41) is 0. The van der Waals surface area contributed by atoms with Crippen molar-refractivity contribution < 1.29 is 61.7 Å². The van der Waals surface area contributed by atoms with Gasteiger partial charge in [0.25, 0.3) is 0 Å². The molecule has 0 saturated carbocycles. The van der Waals surface area contributed by atoms with Crippen molar-refractivity contribution in [3.63, 3.8) is 0 Å². The van der Waals surface area contributed by atoms with Crippen molar-refractivity contribution in [1.82, 2.24) is 0 Å². The monoisotopic (exact) mass is 752 g/mol. The van der Waals surface area contributed by atoms with E-state index in [4.69, 9.17) is 4.74 Å². The zero-order chi connectivity index (χ0) is 26.1. The van der Waals surface area contributed by atoms with Crippen molar-refractivity contribution in [2.45, 2.75) is 142 Å². The van der Waals surface area contributed by atoms with E-state index in [-0.39, 0.29) is 48.0 Å². The third kappa shape index (κ3) is 33.4. The van der Waals surface area contributed by atoms with Crippen LogP contribution in [0, 0.1) is 0 Å². The van der Waals surface area contributed by atoms with Crippen LogP contribution in [0.25, 0.3) is 0 Å². The molecule has 0 amide bonds. The second kappa shape index (κ2) is 30.3. The highest BCUT2D eigenvalue weighted by molar-refractivity contribution is 4.49. The van der Waals surface area contributed by atoms with Gasteiger partial charge in [-0.25, -0.2) is 0 Å². The molecule has 37 heavy (non-hydrogen) atoms. The minimum absolute atomic E-state index is 0. The van der Waals surface area contributed by atoms with Gasteiger partial charge in [-0.15, -0.1) is 0 Å². The van der Waals surface area contributed by atoms with Gasteiger partial charge in [-0.05, 0) is 25.7 Å². The highest BCUT2D eigenvalue weighted by atomic mass is 127. The number of unbranched alkanes of at least 4 members (excludes halogenated alkanes) is 18. The molecular formula is C32H70I2N2O. The largest absolute Gasteiger partial charge is 1.00 e. The number of nitrogens with zero attached hydrogens (tertiary/aromatic N) is 2. The lowest BCUT2D eigenvalue weighted by Gasteiger charge is -2.31. The molecule has 3 nitrogen and oxygen atoms in total. The first kappa shape index (κ1) is 42.8. The van der Waals surface area contributed by atoms with E-state index >= 15 is 0 Å². The van der Waals surface area contributed by atoms with E-state index in [2.05, 4.69) is 42.0 Å². The Balaban J connectivity index is -0.00000578. The van der Waals surface area contributed by atoms with Crippen LogP contribution in [0.3, 0.4) is 0 Å². The highest BCUT2D eigenvalue weighted by Gasteiger charge is 2.16. The minimum Gasteiger partial charge on any atom is -1.00 e. The van der Waals surface area contributed by atoms with Gasteiger partial charge in [-0.2, -0.15) is 0 Å². The maximum Gasteiger partial charge on any atom is 0.102 e. The molecular weight excluding hydrogens is 682 g/mol. The van der Waals surface area contributed by atoms with Crippen LogP contribution in [0.4, 0.5) is 0 Å². The number of rotatable bonds is 28. The van der Waals surface area contributed by atoms with Crippen LogP contribution in [0.2, 0.25) is 0 Å². The SMILES string of the molecule is CCCCCCCCCCCC[N+](C)(C)CCOCC[N+](C)(C)CCCCCCCCCCCC.[I-].[I-]. The summed E-state index contributed by atoms with van der Waals surface area (Å²) in [6.45, 7) is 11.3. The lowest BCUT2D eigenvalue weighted by molar-refractivity contribution is -0.894. The molecule has 0 atom stereocenters. The van der Waals surface area contributed by atoms with Crippen LogP contribution in [0.1, 0.15) is 142 Å². The molecule has 0 saturated heterocycles. The number of halogens is 2. The topological polar surface area (TPSA) is 9.23 Å². The van der Waals surface area contributed by atoms with E-state index in [0.717, 1.165) is 35.3 Å². The van der Waals surface area contributed by atoms with E-state index < -0.39 is 0 Å². The summed E-state index contributed by atoms with van der Waals surface area (Å²) < 4.78 is 8.28. The number of hydrogen-bond donors (Lipinski definition) is 0. The van der Waals surface area contributed by atoms with Crippen LogP contribution < -0.4 is 48.0 Å². The summed E-state index contributed by atoms with van der Waals surface area (Å²) >= 11 is 0. The molecule has 228 valence electrons. The molecule has 0 aromatic rings. The van der Waals surface area contributed by atoms with Crippen molar-refractivity contribution >= 4 is 0 Å². The molecule has 0 N–H and O–H groups in total. The Morgan fingerprint density at radius 3 is 0.865 bits per heavy atom. The predicted octanol–water partition coefficient (Wildman–Crippen LogP) is 3.01. The summed E-state index contributed by atoms with van der Waals surface area (Å²) in [5.74, 6) is 0. The zero-order valence-electron chi connectivity index (χ0n) is 26.4. The van der Waals surface area contributed by atoms with Crippen LogP contribution in [-0.2, 0) is 4.74 Å². The average Bonchev–Trinajstić information content (AvgIpc) is 2.81. The van der Waals surface area contributed by atoms with Gasteiger partial charge >= 0.3 is 0 Å². The van der Waals surface area contributed by atoms with Crippen LogP contribution in [0.5, 0.6) is 0 Å². The fourth-order valence-electron chi connectivity index (χ4n) is 5.00. The number of likely N-dealkylation sites (N-methyl/N-ethyl adjacent to an activating group) is 2.